The van der Waals surface area contributed by atoms with Crippen LogP contribution in [0.3, 0.4) is 0 Å². The monoisotopic (exact) mass is 372 g/mol. The van der Waals surface area contributed by atoms with Crippen LogP contribution in [0.25, 0.3) is 0 Å². The largest absolute Gasteiger partial charge is 0.348 e. The Balaban J connectivity index is 1.68. The molecule has 2 N–H and O–H groups in total. The normalized spacial score (nSPS) is 15.1. The molecule has 0 aliphatic heterocycles. The second-order valence-corrected chi connectivity index (χ2v) is 8.52. The number of aryl methyl sites for hydroxylation is 1. The molecule has 1 fully saturated rings. The molecule has 26 heavy (non-hydrogen) atoms. The molecule has 1 amide bonds. The van der Waals surface area contributed by atoms with E-state index in [1.807, 2.05) is 31.2 Å². The number of sulfonamides is 1. The van der Waals surface area contributed by atoms with Crippen LogP contribution in [-0.2, 0) is 16.6 Å². The summed E-state index contributed by atoms with van der Waals surface area (Å²) in [5.74, 6) is -0.288. The fourth-order valence-electron chi connectivity index (χ4n) is 3.24. The van der Waals surface area contributed by atoms with Crippen molar-refractivity contribution in [2.45, 2.75) is 50.1 Å². The van der Waals surface area contributed by atoms with Gasteiger partial charge in [-0.3, -0.25) is 4.79 Å². The van der Waals surface area contributed by atoms with E-state index in [4.69, 9.17) is 0 Å². The van der Waals surface area contributed by atoms with Crippen molar-refractivity contribution in [3.05, 3.63) is 65.2 Å². The van der Waals surface area contributed by atoms with Crippen molar-refractivity contribution < 1.29 is 13.2 Å². The van der Waals surface area contributed by atoms with E-state index in [9.17, 15) is 13.2 Å². The Morgan fingerprint density at radius 2 is 1.81 bits per heavy atom. The van der Waals surface area contributed by atoms with Crippen LogP contribution in [0.5, 0.6) is 0 Å². The fraction of sp³-hybridized carbons (Fsp3) is 0.350. The zero-order valence-electron chi connectivity index (χ0n) is 14.9. The summed E-state index contributed by atoms with van der Waals surface area (Å²) in [5.41, 5.74) is 2.47. The van der Waals surface area contributed by atoms with Crippen LogP contribution in [0, 0.1) is 6.92 Å². The molecule has 1 aliphatic carbocycles. The van der Waals surface area contributed by atoms with E-state index in [1.54, 1.807) is 12.1 Å². The molecule has 0 atom stereocenters. The molecule has 0 unspecified atom stereocenters. The van der Waals surface area contributed by atoms with E-state index < -0.39 is 10.0 Å². The van der Waals surface area contributed by atoms with Crippen molar-refractivity contribution in [1.82, 2.24) is 10.0 Å². The van der Waals surface area contributed by atoms with Gasteiger partial charge in [0.2, 0.25) is 10.0 Å². The summed E-state index contributed by atoms with van der Waals surface area (Å²) >= 11 is 0. The molecule has 2 aromatic rings. The molecule has 1 aliphatic rings. The van der Waals surface area contributed by atoms with Crippen molar-refractivity contribution >= 4 is 15.9 Å². The predicted octanol–water partition coefficient (Wildman–Crippen LogP) is 3.15. The van der Waals surface area contributed by atoms with E-state index in [1.165, 1.54) is 12.1 Å². The minimum atomic E-state index is -3.60. The van der Waals surface area contributed by atoms with Crippen LogP contribution in [0.1, 0.15) is 47.2 Å². The second kappa shape index (κ2) is 8.01. The maximum atomic E-state index is 12.5. The molecule has 5 nitrogen and oxygen atoms in total. The summed E-state index contributed by atoms with van der Waals surface area (Å²) < 4.78 is 27.8. The summed E-state index contributed by atoms with van der Waals surface area (Å²) in [6, 6.07) is 14.1. The van der Waals surface area contributed by atoms with Gasteiger partial charge in [-0.15, -0.1) is 0 Å². The highest BCUT2D eigenvalue weighted by atomic mass is 32.2. The molecule has 0 saturated heterocycles. The van der Waals surface area contributed by atoms with Gasteiger partial charge in [-0.1, -0.05) is 48.7 Å². The molecular weight excluding hydrogens is 348 g/mol. The molecule has 3 rings (SSSR count). The zero-order chi connectivity index (χ0) is 18.6. The maximum absolute atomic E-state index is 12.5. The van der Waals surface area contributed by atoms with E-state index in [0.717, 1.165) is 36.8 Å². The Kier molecular flexibility index (Phi) is 5.74. The van der Waals surface area contributed by atoms with Gasteiger partial charge < -0.3 is 5.32 Å². The number of benzene rings is 2. The first-order chi connectivity index (χ1) is 12.4. The third-order valence-electron chi connectivity index (χ3n) is 4.62. The smallest absolute Gasteiger partial charge is 0.251 e. The summed E-state index contributed by atoms with van der Waals surface area (Å²) in [7, 11) is -3.60. The van der Waals surface area contributed by atoms with Crippen LogP contribution in [0.4, 0.5) is 0 Å². The molecule has 0 bridgehead atoms. The third kappa shape index (κ3) is 4.71. The minimum absolute atomic E-state index is 0.00111. The lowest BCUT2D eigenvalue weighted by molar-refractivity contribution is 0.0950. The lowest BCUT2D eigenvalue weighted by atomic mass is 10.1. The van der Waals surface area contributed by atoms with Gasteiger partial charge in [0.25, 0.3) is 5.91 Å². The van der Waals surface area contributed by atoms with Crippen LogP contribution < -0.4 is 10.0 Å². The number of amides is 1. The van der Waals surface area contributed by atoms with Gasteiger partial charge in [-0.25, -0.2) is 13.1 Å². The van der Waals surface area contributed by atoms with Crippen LogP contribution in [0.15, 0.2) is 53.4 Å². The van der Waals surface area contributed by atoms with Crippen molar-refractivity contribution in [3.8, 4) is 0 Å². The molecule has 0 heterocycles. The molecule has 0 spiro atoms. The number of carbonyl (C=O) groups is 1. The predicted molar refractivity (Wildman–Crippen MR) is 101 cm³/mol. The SMILES string of the molecule is Cc1cccc(CNC(=O)c2cccc(S(=O)(=O)NC3CCCC3)c2)c1. The average Bonchev–Trinajstić information content (AvgIpc) is 3.12. The van der Waals surface area contributed by atoms with Gasteiger partial charge in [0.15, 0.2) is 0 Å². The van der Waals surface area contributed by atoms with Gasteiger partial charge in [0.1, 0.15) is 0 Å². The molecule has 2 aromatic carbocycles. The summed E-state index contributed by atoms with van der Waals surface area (Å²) in [6.45, 7) is 2.40. The quantitative estimate of drug-likeness (QED) is 0.818. The Labute approximate surface area is 154 Å². The summed E-state index contributed by atoms with van der Waals surface area (Å²) in [6.07, 6.45) is 3.84. The van der Waals surface area contributed by atoms with Crippen molar-refractivity contribution in [2.75, 3.05) is 0 Å². The zero-order valence-corrected chi connectivity index (χ0v) is 15.7. The molecule has 0 radical (unpaired) electrons. The Hall–Kier alpha value is -2.18. The molecule has 138 valence electrons. The topological polar surface area (TPSA) is 75.3 Å². The molecule has 0 aromatic heterocycles. The maximum Gasteiger partial charge on any atom is 0.251 e. The number of hydrogen-bond acceptors (Lipinski definition) is 3. The van der Waals surface area contributed by atoms with E-state index in [-0.39, 0.29) is 16.8 Å². The molecular formula is C20H24N2O3S. The van der Waals surface area contributed by atoms with Gasteiger partial charge in [0, 0.05) is 18.2 Å². The van der Waals surface area contributed by atoms with Crippen molar-refractivity contribution in [2.24, 2.45) is 0 Å². The second-order valence-electron chi connectivity index (χ2n) is 6.80. The summed E-state index contributed by atoms with van der Waals surface area (Å²) in [5, 5.41) is 2.84. The average molecular weight is 372 g/mol. The van der Waals surface area contributed by atoms with E-state index in [0.29, 0.717) is 12.1 Å². The Morgan fingerprint density at radius 3 is 2.54 bits per heavy atom. The Morgan fingerprint density at radius 1 is 1.08 bits per heavy atom. The van der Waals surface area contributed by atoms with Gasteiger partial charge in [0.05, 0.1) is 4.90 Å². The number of hydrogen-bond donors (Lipinski definition) is 2. The highest BCUT2D eigenvalue weighted by molar-refractivity contribution is 7.89. The molecule has 6 heteroatoms. The van der Waals surface area contributed by atoms with Crippen molar-refractivity contribution in [1.29, 1.82) is 0 Å². The van der Waals surface area contributed by atoms with Gasteiger partial charge in [-0.05, 0) is 43.5 Å². The summed E-state index contributed by atoms with van der Waals surface area (Å²) in [4.78, 5) is 12.5. The lowest BCUT2D eigenvalue weighted by Gasteiger charge is -2.13. The first kappa shape index (κ1) is 18.6. The molecule has 1 saturated carbocycles. The number of rotatable bonds is 6. The van der Waals surface area contributed by atoms with Crippen molar-refractivity contribution in [3.63, 3.8) is 0 Å². The van der Waals surface area contributed by atoms with Gasteiger partial charge in [-0.2, -0.15) is 0 Å². The van der Waals surface area contributed by atoms with Crippen LogP contribution in [0.2, 0.25) is 0 Å². The fourth-order valence-corrected chi connectivity index (χ4v) is 4.59. The standard InChI is InChI=1S/C20H24N2O3S/c1-15-6-4-7-16(12-15)14-21-20(23)17-8-5-11-19(13-17)26(24,25)22-18-9-2-3-10-18/h4-8,11-13,18,22H,2-3,9-10,14H2,1H3,(H,21,23). The Bertz CT molecular complexity index is 887. The van der Waals surface area contributed by atoms with E-state index >= 15 is 0 Å². The van der Waals surface area contributed by atoms with Gasteiger partial charge >= 0.3 is 0 Å². The highest BCUT2D eigenvalue weighted by Gasteiger charge is 2.23. The first-order valence-corrected chi connectivity index (χ1v) is 10.4. The van der Waals surface area contributed by atoms with Crippen LogP contribution in [-0.4, -0.2) is 20.4 Å². The lowest BCUT2D eigenvalue weighted by Crippen LogP contribution is -2.32. The third-order valence-corrected chi connectivity index (χ3v) is 6.14. The van der Waals surface area contributed by atoms with E-state index in [2.05, 4.69) is 10.0 Å². The highest BCUT2D eigenvalue weighted by Crippen LogP contribution is 2.21. The number of carbonyl (C=O) groups excluding carboxylic acids is 1. The minimum Gasteiger partial charge on any atom is -0.348 e. The number of nitrogens with one attached hydrogen (secondary N) is 2. The first-order valence-electron chi connectivity index (χ1n) is 8.90. The van der Waals surface area contributed by atoms with Crippen LogP contribution >= 0.6 is 0 Å².